The molecule has 1 aliphatic rings. The molecule has 2 aromatic heterocycles. The van der Waals surface area contributed by atoms with Crippen LogP contribution in [0.15, 0.2) is 18.5 Å². The van der Waals surface area contributed by atoms with Gasteiger partial charge in [-0.25, -0.2) is 4.98 Å². The second-order valence-corrected chi connectivity index (χ2v) is 5.52. The number of pyridine rings is 1. The molecule has 0 aromatic carbocycles. The second-order valence-electron chi connectivity index (χ2n) is 5.52. The van der Waals surface area contributed by atoms with Gasteiger partial charge < -0.3 is 24.5 Å². The lowest BCUT2D eigenvalue weighted by molar-refractivity contribution is -0.143. The number of imidazole rings is 1. The molecule has 0 aliphatic carbocycles. The molecule has 2 aromatic rings. The molecule has 2 N–H and O–H groups in total. The van der Waals surface area contributed by atoms with E-state index >= 15 is 0 Å². The van der Waals surface area contributed by atoms with Gasteiger partial charge in [0.1, 0.15) is 5.65 Å². The molecule has 0 atom stereocenters. The number of nitrogens with two attached hydrogens (primary N) is 1. The Hall–Kier alpha value is -2.28. The highest BCUT2D eigenvalue weighted by Gasteiger charge is 2.16. The van der Waals surface area contributed by atoms with Crippen LogP contribution in [0.1, 0.15) is 19.0 Å². The topological polar surface area (TPSA) is 82.1 Å². The molecule has 1 fully saturated rings. The predicted octanol–water partition coefficient (Wildman–Crippen LogP) is 1.25. The maximum absolute atomic E-state index is 11.5. The van der Waals surface area contributed by atoms with Crippen molar-refractivity contribution in [3.05, 3.63) is 24.2 Å². The molecule has 124 valence electrons. The van der Waals surface area contributed by atoms with Crippen LogP contribution in [0.5, 0.6) is 0 Å². The summed E-state index contributed by atoms with van der Waals surface area (Å²) in [5.41, 5.74) is 9.58. The number of aromatic nitrogens is 2. The third-order valence-corrected chi connectivity index (χ3v) is 3.89. The number of fused-ring (bicyclic) bond motifs is 1. The normalized spacial score (nSPS) is 15.1. The number of nitrogens with zero attached hydrogens (tertiary/aromatic N) is 3. The third-order valence-electron chi connectivity index (χ3n) is 3.89. The van der Waals surface area contributed by atoms with Crippen LogP contribution in [0.25, 0.3) is 5.65 Å². The highest BCUT2D eigenvalue weighted by atomic mass is 16.5. The largest absolute Gasteiger partial charge is 0.466 e. The van der Waals surface area contributed by atoms with Crippen molar-refractivity contribution < 1.29 is 14.3 Å². The number of carbonyl (C=O) groups excluding carboxylic acids is 1. The summed E-state index contributed by atoms with van der Waals surface area (Å²) in [6.45, 7) is 5.30. The number of hydrogen-bond acceptors (Lipinski definition) is 6. The average molecular weight is 318 g/mol. The molecule has 1 aliphatic heterocycles. The van der Waals surface area contributed by atoms with Crippen molar-refractivity contribution in [2.45, 2.75) is 19.8 Å². The summed E-state index contributed by atoms with van der Waals surface area (Å²) in [5.74, 6) is -0.196. The van der Waals surface area contributed by atoms with Crippen LogP contribution in [0.4, 0.5) is 11.4 Å². The maximum Gasteiger partial charge on any atom is 0.306 e. The Morgan fingerprint density at radius 2 is 2.17 bits per heavy atom. The number of carbonyl (C=O) groups is 1. The van der Waals surface area contributed by atoms with Crippen molar-refractivity contribution in [1.82, 2.24) is 9.38 Å². The highest BCUT2D eigenvalue weighted by molar-refractivity contribution is 5.72. The molecule has 0 saturated carbocycles. The Morgan fingerprint density at radius 1 is 1.39 bits per heavy atom. The van der Waals surface area contributed by atoms with E-state index in [1.807, 2.05) is 22.9 Å². The Kier molecular flexibility index (Phi) is 4.66. The SMILES string of the molecule is CCOC(=O)CCc1cn2cc(N)c(N3CCOCC3)cc2n1. The number of esters is 1. The first-order chi connectivity index (χ1) is 11.2. The molecular formula is C16H22N4O3. The minimum atomic E-state index is -0.196. The van der Waals surface area contributed by atoms with Gasteiger partial charge in [0.25, 0.3) is 0 Å². The Labute approximate surface area is 135 Å². The molecule has 1 saturated heterocycles. The first-order valence-electron chi connectivity index (χ1n) is 7.93. The molecule has 23 heavy (non-hydrogen) atoms. The van der Waals surface area contributed by atoms with E-state index in [4.69, 9.17) is 15.2 Å². The lowest BCUT2D eigenvalue weighted by Crippen LogP contribution is -2.36. The molecule has 0 amide bonds. The minimum absolute atomic E-state index is 0.196. The van der Waals surface area contributed by atoms with Crippen LogP contribution >= 0.6 is 0 Å². The zero-order chi connectivity index (χ0) is 16.2. The molecular weight excluding hydrogens is 296 g/mol. The van der Waals surface area contributed by atoms with E-state index in [-0.39, 0.29) is 5.97 Å². The zero-order valence-corrected chi connectivity index (χ0v) is 13.3. The van der Waals surface area contributed by atoms with Crippen LogP contribution in [-0.4, -0.2) is 48.3 Å². The van der Waals surface area contributed by atoms with E-state index in [1.54, 1.807) is 6.92 Å². The molecule has 0 unspecified atom stereocenters. The molecule has 0 bridgehead atoms. The fourth-order valence-corrected chi connectivity index (χ4v) is 2.75. The summed E-state index contributed by atoms with van der Waals surface area (Å²) in [6.07, 6.45) is 4.69. The summed E-state index contributed by atoms with van der Waals surface area (Å²) in [6, 6.07) is 1.99. The molecule has 7 heteroatoms. The summed E-state index contributed by atoms with van der Waals surface area (Å²) >= 11 is 0. The number of rotatable bonds is 5. The van der Waals surface area contributed by atoms with Gasteiger partial charge in [0.2, 0.25) is 0 Å². The Bertz CT molecular complexity index is 692. The summed E-state index contributed by atoms with van der Waals surface area (Å²) in [5, 5.41) is 0. The lowest BCUT2D eigenvalue weighted by Gasteiger charge is -2.29. The summed E-state index contributed by atoms with van der Waals surface area (Å²) in [4.78, 5) is 18.2. The van der Waals surface area contributed by atoms with E-state index in [1.165, 1.54) is 0 Å². The molecule has 7 nitrogen and oxygen atoms in total. The van der Waals surface area contributed by atoms with Crippen molar-refractivity contribution in [3.63, 3.8) is 0 Å². The molecule has 3 heterocycles. The van der Waals surface area contributed by atoms with Crippen molar-refractivity contribution in [1.29, 1.82) is 0 Å². The first kappa shape index (κ1) is 15.6. The van der Waals surface area contributed by atoms with E-state index in [9.17, 15) is 4.79 Å². The molecule has 0 spiro atoms. The van der Waals surface area contributed by atoms with E-state index in [0.717, 1.165) is 30.1 Å². The van der Waals surface area contributed by atoms with Crippen LogP contribution in [0.2, 0.25) is 0 Å². The monoisotopic (exact) mass is 318 g/mol. The van der Waals surface area contributed by atoms with E-state index in [2.05, 4.69) is 9.88 Å². The van der Waals surface area contributed by atoms with E-state index < -0.39 is 0 Å². The van der Waals surface area contributed by atoms with Gasteiger partial charge in [0.15, 0.2) is 0 Å². The number of ether oxygens (including phenoxy) is 2. The number of anilines is 2. The standard InChI is InChI=1S/C16H22N4O3/c1-2-23-16(21)4-3-12-10-20-11-13(17)14(9-15(20)18-12)19-5-7-22-8-6-19/h9-11H,2-8,17H2,1H3. The third kappa shape index (κ3) is 3.56. The minimum Gasteiger partial charge on any atom is -0.466 e. The maximum atomic E-state index is 11.5. The van der Waals surface area contributed by atoms with Crippen LogP contribution in [0, 0.1) is 0 Å². The van der Waals surface area contributed by atoms with Crippen molar-refractivity contribution in [2.24, 2.45) is 0 Å². The number of nitrogen functional groups attached to an aromatic ring is 1. The van der Waals surface area contributed by atoms with Gasteiger partial charge in [0.05, 0.1) is 43.3 Å². The van der Waals surface area contributed by atoms with Gasteiger partial charge in [0, 0.05) is 38.0 Å². The van der Waals surface area contributed by atoms with Gasteiger partial charge in [-0.3, -0.25) is 4.79 Å². The Morgan fingerprint density at radius 3 is 2.91 bits per heavy atom. The predicted molar refractivity (Wildman–Crippen MR) is 87.6 cm³/mol. The number of hydrogen-bond donors (Lipinski definition) is 1. The number of aryl methyl sites for hydroxylation is 1. The van der Waals surface area contributed by atoms with Gasteiger partial charge in [-0.2, -0.15) is 0 Å². The average Bonchev–Trinajstić information content (AvgIpc) is 2.95. The van der Waals surface area contributed by atoms with Crippen LogP contribution in [-0.2, 0) is 20.7 Å². The summed E-state index contributed by atoms with van der Waals surface area (Å²) < 4.78 is 12.2. The molecule has 0 radical (unpaired) electrons. The quantitative estimate of drug-likeness (QED) is 0.836. The zero-order valence-electron chi connectivity index (χ0n) is 13.3. The fraction of sp³-hybridized carbons (Fsp3) is 0.500. The lowest BCUT2D eigenvalue weighted by atomic mass is 10.2. The molecule has 3 rings (SSSR count). The number of morpholine rings is 1. The van der Waals surface area contributed by atoms with Crippen molar-refractivity contribution in [3.8, 4) is 0 Å². The van der Waals surface area contributed by atoms with Crippen LogP contribution in [0.3, 0.4) is 0 Å². The fourth-order valence-electron chi connectivity index (χ4n) is 2.75. The van der Waals surface area contributed by atoms with Gasteiger partial charge >= 0.3 is 5.97 Å². The van der Waals surface area contributed by atoms with Gasteiger partial charge in [-0.15, -0.1) is 0 Å². The smallest absolute Gasteiger partial charge is 0.306 e. The second kappa shape index (κ2) is 6.87. The summed E-state index contributed by atoms with van der Waals surface area (Å²) in [7, 11) is 0. The first-order valence-corrected chi connectivity index (χ1v) is 7.93. The van der Waals surface area contributed by atoms with E-state index in [0.29, 0.717) is 38.3 Å². The van der Waals surface area contributed by atoms with Crippen LogP contribution < -0.4 is 10.6 Å². The van der Waals surface area contributed by atoms with Crippen molar-refractivity contribution in [2.75, 3.05) is 43.5 Å². The van der Waals surface area contributed by atoms with Gasteiger partial charge in [-0.1, -0.05) is 0 Å². The Balaban J connectivity index is 1.78. The van der Waals surface area contributed by atoms with Gasteiger partial charge in [-0.05, 0) is 6.92 Å². The highest BCUT2D eigenvalue weighted by Crippen LogP contribution is 2.26. The van der Waals surface area contributed by atoms with Crippen molar-refractivity contribution >= 4 is 23.0 Å².